The molecule has 0 unspecified atom stereocenters. The molecule has 0 saturated heterocycles. The third-order valence-electron chi connectivity index (χ3n) is 4.57. The second kappa shape index (κ2) is 4.12. The minimum atomic E-state index is 0.786. The Balaban J connectivity index is 1.73. The minimum Gasteiger partial charge on any atom is -0.372 e. The van der Waals surface area contributed by atoms with Gasteiger partial charge in [-0.25, -0.2) is 0 Å². The van der Waals surface area contributed by atoms with Gasteiger partial charge in [-0.3, -0.25) is 0 Å². The molecule has 86 valence electrons. The van der Waals surface area contributed by atoms with Gasteiger partial charge in [-0.15, -0.1) is 0 Å². The molecule has 2 fully saturated rings. The SMILES string of the molecule is CN(c1ccccc1)[C@@H]1C[C@@H]2CC[C@@H](C2)C1. The lowest BCUT2D eigenvalue weighted by Crippen LogP contribution is -2.36. The van der Waals surface area contributed by atoms with E-state index in [1.54, 1.807) is 0 Å². The fourth-order valence-corrected chi connectivity index (χ4v) is 3.66. The van der Waals surface area contributed by atoms with E-state index >= 15 is 0 Å². The van der Waals surface area contributed by atoms with E-state index < -0.39 is 0 Å². The van der Waals surface area contributed by atoms with Crippen molar-refractivity contribution in [1.29, 1.82) is 0 Å². The summed E-state index contributed by atoms with van der Waals surface area (Å²) in [7, 11) is 2.27. The summed E-state index contributed by atoms with van der Waals surface area (Å²) in [5, 5.41) is 0. The first kappa shape index (κ1) is 10.2. The molecule has 2 aliphatic rings. The normalized spacial score (nSPS) is 32.7. The molecular formula is C15H21N. The van der Waals surface area contributed by atoms with Gasteiger partial charge < -0.3 is 4.90 Å². The number of hydrogen-bond donors (Lipinski definition) is 0. The van der Waals surface area contributed by atoms with Gasteiger partial charge in [-0.1, -0.05) is 31.0 Å². The average molecular weight is 215 g/mol. The number of anilines is 1. The Morgan fingerprint density at radius 1 is 0.938 bits per heavy atom. The van der Waals surface area contributed by atoms with Crippen LogP contribution in [0, 0.1) is 11.8 Å². The summed E-state index contributed by atoms with van der Waals surface area (Å²) in [6.45, 7) is 0. The van der Waals surface area contributed by atoms with Gasteiger partial charge in [-0.05, 0) is 43.2 Å². The van der Waals surface area contributed by atoms with Gasteiger partial charge >= 0.3 is 0 Å². The fraction of sp³-hybridized carbons (Fsp3) is 0.600. The summed E-state index contributed by atoms with van der Waals surface area (Å²) >= 11 is 0. The van der Waals surface area contributed by atoms with Crippen LogP contribution in [0.4, 0.5) is 5.69 Å². The van der Waals surface area contributed by atoms with Crippen LogP contribution in [0.25, 0.3) is 0 Å². The molecule has 3 atom stereocenters. The molecule has 0 spiro atoms. The molecule has 2 bridgehead atoms. The molecule has 16 heavy (non-hydrogen) atoms. The van der Waals surface area contributed by atoms with Crippen LogP contribution in [-0.2, 0) is 0 Å². The Bertz CT molecular complexity index is 334. The highest BCUT2D eigenvalue weighted by Crippen LogP contribution is 2.43. The molecule has 3 rings (SSSR count). The van der Waals surface area contributed by atoms with Crippen LogP contribution in [0.15, 0.2) is 30.3 Å². The van der Waals surface area contributed by atoms with E-state index in [1.807, 2.05) is 0 Å². The summed E-state index contributed by atoms with van der Waals surface area (Å²) in [6, 6.07) is 11.6. The molecule has 2 aliphatic carbocycles. The standard InChI is InChI=1S/C15H21N/c1-16(14-5-3-2-4-6-14)15-10-12-7-8-13(9-12)11-15/h2-6,12-13,15H,7-11H2,1H3/t12-,13+,15-. The second-order valence-corrected chi connectivity index (χ2v) is 5.62. The number of benzene rings is 1. The molecule has 0 aliphatic heterocycles. The van der Waals surface area contributed by atoms with Crippen molar-refractivity contribution >= 4 is 5.69 Å². The maximum Gasteiger partial charge on any atom is 0.0366 e. The maximum atomic E-state index is 2.50. The monoisotopic (exact) mass is 215 g/mol. The van der Waals surface area contributed by atoms with Crippen LogP contribution >= 0.6 is 0 Å². The van der Waals surface area contributed by atoms with Crippen molar-refractivity contribution in [3.8, 4) is 0 Å². The molecule has 1 heteroatoms. The van der Waals surface area contributed by atoms with Crippen LogP contribution in [0.1, 0.15) is 32.1 Å². The molecule has 0 radical (unpaired) electrons. The van der Waals surface area contributed by atoms with Crippen molar-refractivity contribution in [1.82, 2.24) is 0 Å². The van der Waals surface area contributed by atoms with Crippen molar-refractivity contribution in [3.63, 3.8) is 0 Å². The Hall–Kier alpha value is -0.980. The zero-order valence-electron chi connectivity index (χ0n) is 10.1. The average Bonchev–Trinajstić information content (AvgIpc) is 2.68. The van der Waals surface area contributed by atoms with Crippen molar-refractivity contribution in [2.45, 2.75) is 38.1 Å². The second-order valence-electron chi connectivity index (χ2n) is 5.62. The Labute approximate surface area is 98.5 Å². The highest BCUT2D eigenvalue weighted by molar-refractivity contribution is 5.46. The predicted molar refractivity (Wildman–Crippen MR) is 68.7 cm³/mol. The molecule has 2 saturated carbocycles. The van der Waals surface area contributed by atoms with Crippen LogP contribution in [-0.4, -0.2) is 13.1 Å². The first-order valence-electron chi connectivity index (χ1n) is 6.61. The predicted octanol–water partition coefficient (Wildman–Crippen LogP) is 3.70. The van der Waals surface area contributed by atoms with Crippen molar-refractivity contribution in [3.05, 3.63) is 30.3 Å². The van der Waals surface area contributed by atoms with Gasteiger partial charge in [0, 0.05) is 18.8 Å². The lowest BCUT2D eigenvalue weighted by Gasteiger charge is -2.36. The molecule has 0 heterocycles. The summed E-state index contributed by atoms with van der Waals surface area (Å²) in [6.07, 6.45) is 7.33. The Morgan fingerprint density at radius 2 is 1.56 bits per heavy atom. The van der Waals surface area contributed by atoms with Crippen LogP contribution < -0.4 is 4.90 Å². The zero-order valence-corrected chi connectivity index (χ0v) is 10.1. The summed E-state index contributed by atoms with van der Waals surface area (Å²) in [5.41, 5.74) is 1.38. The Kier molecular flexibility index (Phi) is 2.62. The minimum absolute atomic E-state index is 0.786. The summed E-state index contributed by atoms with van der Waals surface area (Å²) in [4.78, 5) is 2.50. The molecule has 0 N–H and O–H groups in total. The molecule has 0 aromatic heterocycles. The van der Waals surface area contributed by atoms with E-state index in [9.17, 15) is 0 Å². The molecule has 1 nitrogen and oxygen atoms in total. The van der Waals surface area contributed by atoms with Gasteiger partial charge in [0.25, 0.3) is 0 Å². The third kappa shape index (κ3) is 1.83. The van der Waals surface area contributed by atoms with E-state index in [1.165, 1.54) is 37.8 Å². The zero-order chi connectivity index (χ0) is 11.0. The van der Waals surface area contributed by atoms with E-state index in [4.69, 9.17) is 0 Å². The molecule has 0 amide bonds. The van der Waals surface area contributed by atoms with E-state index in [2.05, 4.69) is 42.3 Å². The number of rotatable bonds is 2. The quantitative estimate of drug-likeness (QED) is 0.727. The van der Waals surface area contributed by atoms with Gasteiger partial charge in [0.2, 0.25) is 0 Å². The highest BCUT2D eigenvalue weighted by Gasteiger charge is 2.35. The molecular weight excluding hydrogens is 194 g/mol. The van der Waals surface area contributed by atoms with Crippen molar-refractivity contribution < 1.29 is 0 Å². The number of para-hydroxylation sites is 1. The summed E-state index contributed by atoms with van der Waals surface area (Å²) in [5.74, 6) is 2.05. The van der Waals surface area contributed by atoms with Crippen molar-refractivity contribution in [2.75, 3.05) is 11.9 Å². The maximum absolute atomic E-state index is 2.50. The van der Waals surface area contributed by atoms with Crippen LogP contribution in [0.5, 0.6) is 0 Å². The highest BCUT2D eigenvalue weighted by atomic mass is 15.1. The number of nitrogens with zero attached hydrogens (tertiary/aromatic N) is 1. The Morgan fingerprint density at radius 3 is 2.19 bits per heavy atom. The van der Waals surface area contributed by atoms with Gasteiger partial charge in [0.15, 0.2) is 0 Å². The van der Waals surface area contributed by atoms with Crippen LogP contribution in [0.2, 0.25) is 0 Å². The van der Waals surface area contributed by atoms with Gasteiger partial charge in [0.05, 0.1) is 0 Å². The topological polar surface area (TPSA) is 3.24 Å². The van der Waals surface area contributed by atoms with E-state index in [0.29, 0.717) is 0 Å². The summed E-state index contributed by atoms with van der Waals surface area (Å²) < 4.78 is 0. The van der Waals surface area contributed by atoms with E-state index in [-0.39, 0.29) is 0 Å². The fourth-order valence-electron chi connectivity index (χ4n) is 3.66. The number of fused-ring (bicyclic) bond motifs is 2. The molecule has 1 aromatic rings. The first-order valence-corrected chi connectivity index (χ1v) is 6.61. The third-order valence-corrected chi connectivity index (χ3v) is 4.57. The van der Waals surface area contributed by atoms with Crippen LogP contribution in [0.3, 0.4) is 0 Å². The van der Waals surface area contributed by atoms with E-state index in [0.717, 1.165) is 17.9 Å². The number of hydrogen-bond acceptors (Lipinski definition) is 1. The van der Waals surface area contributed by atoms with Gasteiger partial charge in [0.1, 0.15) is 0 Å². The van der Waals surface area contributed by atoms with Crippen molar-refractivity contribution in [2.24, 2.45) is 11.8 Å². The lowest BCUT2D eigenvalue weighted by molar-refractivity contribution is 0.313. The molecule has 1 aromatic carbocycles. The first-order chi connectivity index (χ1) is 7.83. The van der Waals surface area contributed by atoms with Gasteiger partial charge in [-0.2, -0.15) is 0 Å². The largest absolute Gasteiger partial charge is 0.372 e. The lowest BCUT2D eigenvalue weighted by atomic mass is 9.84. The smallest absolute Gasteiger partial charge is 0.0366 e.